The third-order valence-electron chi connectivity index (χ3n) is 11.8. The van der Waals surface area contributed by atoms with Gasteiger partial charge in [0.25, 0.3) is 0 Å². The first kappa shape index (κ1) is 54.3. The van der Waals surface area contributed by atoms with Crippen LogP contribution < -0.4 is 30.7 Å². The number of amides is 3. The van der Waals surface area contributed by atoms with E-state index in [-0.39, 0.29) is 36.9 Å². The first-order valence-corrected chi connectivity index (χ1v) is 23.1. The van der Waals surface area contributed by atoms with Gasteiger partial charge in [-0.3, -0.25) is 33.7 Å². The number of aryl methyl sites for hydroxylation is 2. The second-order valence-corrected chi connectivity index (χ2v) is 17.9. The molecular formula is C47H52F6N16O6. The number of aromatic nitrogens is 10. The maximum atomic E-state index is 13.4. The van der Waals surface area contributed by atoms with Gasteiger partial charge in [0.15, 0.2) is 11.6 Å². The van der Waals surface area contributed by atoms with E-state index in [4.69, 9.17) is 9.47 Å². The maximum Gasteiger partial charge on any atom is 0.433 e. The van der Waals surface area contributed by atoms with Gasteiger partial charge in [-0.15, -0.1) is 0 Å². The van der Waals surface area contributed by atoms with E-state index in [1.54, 1.807) is 88.7 Å². The van der Waals surface area contributed by atoms with Gasteiger partial charge in [0.05, 0.1) is 49.3 Å². The Bertz CT molecular complexity index is 3060. The van der Waals surface area contributed by atoms with Gasteiger partial charge in [-0.25, -0.2) is 19.7 Å². The first-order chi connectivity index (χ1) is 35.2. The fraction of sp³-hybridized carbons (Fsp3) is 0.404. The molecule has 0 aromatic carbocycles. The molecule has 6 aromatic rings. The molecule has 22 nitrogen and oxygen atoms in total. The number of fused-ring (bicyclic) bond motifs is 2. The van der Waals surface area contributed by atoms with Crippen LogP contribution in [-0.2, 0) is 62.4 Å². The molecule has 8 rings (SSSR count). The van der Waals surface area contributed by atoms with Gasteiger partial charge in [-0.1, -0.05) is 26.0 Å². The van der Waals surface area contributed by atoms with Crippen LogP contribution >= 0.6 is 0 Å². The molecule has 0 saturated carbocycles. The third kappa shape index (κ3) is 13.0. The van der Waals surface area contributed by atoms with E-state index >= 15 is 0 Å². The van der Waals surface area contributed by atoms with Crippen LogP contribution in [0.5, 0.6) is 0 Å². The van der Waals surface area contributed by atoms with Crippen molar-refractivity contribution >= 4 is 58.8 Å². The summed E-state index contributed by atoms with van der Waals surface area (Å²) in [4.78, 5) is 79.2. The van der Waals surface area contributed by atoms with Crippen LogP contribution in [0.1, 0.15) is 79.6 Å². The Labute approximate surface area is 424 Å². The zero-order chi connectivity index (χ0) is 54.7. The van der Waals surface area contributed by atoms with Gasteiger partial charge in [-0.2, -0.15) is 46.5 Å². The molecule has 2 aliphatic rings. The fourth-order valence-corrected chi connectivity index (χ4v) is 7.29. The molecule has 75 heavy (non-hydrogen) atoms. The lowest BCUT2D eigenvalue weighted by Crippen LogP contribution is -2.45. The number of anilines is 6. The number of hydrogen-bond acceptors (Lipinski definition) is 17. The van der Waals surface area contributed by atoms with Crippen LogP contribution in [0, 0.1) is 19.8 Å². The van der Waals surface area contributed by atoms with Crippen LogP contribution in [0.2, 0.25) is 0 Å². The average Bonchev–Trinajstić information content (AvgIpc) is 4.00. The van der Waals surface area contributed by atoms with Gasteiger partial charge in [-0.05, 0) is 51.0 Å². The summed E-state index contributed by atoms with van der Waals surface area (Å²) in [6.45, 7) is 12.3. The van der Waals surface area contributed by atoms with Crippen molar-refractivity contribution in [3.05, 3.63) is 106 Å². The molecule has 0 saturated heterocycles. The van der Waals surface area contributed by atoms with Crippen molar-refractivity contribution in [2.75, 3.05) is 44.7 Å². The Morgan fingerprint density at radius 2 is 1.19 bits per heavy atom. The fourth-order valence-electron chi connectivity index (χ4n) is 7.29. The number of hydrogen-bond donors (Lipinski definition) is 3. The zero-order valence-corrected chi connectivity index (χ0v) is 41.9. The lowest BCUT2D eigenvalue weighted by molar-refractivity contribution is -0.168. The standard InChI is InChI=1S/C27H31F3N8O5.C20H21F3N8O/c1-14(2)24(40)42-17(5)43-26(41)38(25-33-15(3)21-22(35-25)36(6)16(4)23(39)34-21)13-19-10-32-37(12-19)11-18-7-8-20(31-9-18)27(28,29)30;1-11-16-17(30(3)12(2)18(32)28-16)29-19(27-11)25-7-14-8-26-31(10-14)9-13-4-5-15(24-6-13)20(21,22)23/h7-10,12,14,16-17H,11,13H2,1-6H3,(H,34,39);4-6,8,10,12H,7,9H2,1-3H3,(H,28,32)(H,25,27,29)/t16-,17?;12-/m00/s1. The summed E-state index contributed by atoms with van der Waals surface area (Å²) in [5.74, 6) is 0.0510. The highest BCUT2D eigenvalue weighted by atomic mass is 19.4. The van der Waals surface area contributed by atoms with E-state index in [1.807, 2.05) is 0 Å². The Morgan fingerprint density at radius 3 is 1.68 bits per heavy atom. The monoisotopic (exact) mass is 1050 g/mol. The van der Waals surface area contributed by atoms with Gasteiger partial charge in [0.2, 0.25) is 30.0 Å². The van der Waals surface area contributed by atoms with Gasteiger partial charge >= 0.3 is 24.4 Å². The molecule has 2 aliphatic heterocycles. The van der Waals surface area contributed by atoms with Crippen molar-refractivity contribution < 1.29 is 55.0 Å². The van der Waals surface area contributed by atoms with E-state index in [2.05, 4.69) is 56.1 Å². The molecule has 3 atom stereocenters. The van der Waals surface area contributed by atoms with Gasteiger partial charge < -0.3 is 35.2 Å². The summed E-state index contributed by atoms with van der Waals surface area (Å²) < 4.78 is 90.1. The van der Waals surface area contributed by atoms with Crippen molar-refractivity contribution in [2.24, 2.45) is 5.92 Å². The molecule has 1 unspecified atom stereocenters. The maximum absolute atomic E-state index is 13.4. The summed E-state index contributed by atoms with van der Waals surface area (Å²) in [5, 5.41) is 17.2. The number of pyridine rings is 2. The molecule has 3 N–H and O–H groups in total. The minimum absolute atomic E-state index is 0.0430. The molecule has 0 aliphatic carbocycles. The molecule has 398 valence electrons. The predicted molar refractivity (Wildman–Crippen MR) is 258 cm³/mol. The number of alkyl halides is 6. The molecule has 0 fully saturated rings. The van der Waals surface area contributed by atoms with E-state index in [0.29, 0.717) is 70.1 Å². The molecule has 0 spiro atoms. The Hall–Kier alpha value is -8.46. The second kappa shape index (κ2) is 21.9. The van der Waals surface area contributed by atoms with Crippen molar-refractivity contribution in [3.8, 4) is 0 Å². The number of nitrogens with zero attached hydrogens (tertiary/aromatic N) is 13. The van der Waals surface area contributed by atoms with Crippen molar-refractivity contribution in [1.82, 2.24) is 49.5 Å². The lowest BCUT2D eigenvalue weighted by atomic mass is 10.2. The number of halogens is 6. The largest absolute Gasteiger partial charge is 0.433 e. The second-order valence-electron chi connectivity index (χ2n) is 17.9. The molecule has 0 radical (unpaired) electrons. The number of nitrogens with one attached hydrogen (secondary N) is 3. The predicted octanol–water partition coefficient (Wildman–Crippen LogP) is 6.74. The summed E-state index contributed by atoms with van der Waals surface area (Å²) in [6, 6.07) is 3.65. The Kier molecular flexibility index (Phi) is 15.9. The summed E-state index contributed by atoms with van der Waals surface area (Å²) in [7, 11) is 3.49. The van der Waals surface area contributed by atoms with Crippen LogP contribution in [-0.4, -0.2) is 106 Å². The number of rotatable bonds is 13. The minimum Gasteiger partial charge on any atom is -0.425 e. The SMILES string of the molecule is Cc1nc(N(Cc2cnn(Cc3ccc(C(F)(F)F)nc3)c2)C(=O)OC(C)OC(=O)C(C)C)nc2c1NC(=O)[C@H](C)N2C.Cc1nc(NCc2cnn(Cc3ccc(C(F)(F)F)nc3)c2)nc2c1NC(=O)[C@H](C)N2C. The normalized spacial score (nSPS) is 15.7. The average molecular weight is 1050 g/mol. The highest BCUT2D eigenvalue weighted by molar-refractivity contribution is 6.04. The molecule has 8 heterocycles. The van der Waals surface area contributed by atoms with Crippen LogP contribution in [0.3, 0.4) is 0 Å². The van der Waals surface area contributed by atoms with Crippen LogP contribution in [0.4, 0.5) is 66.0 Å². The molecule has 28 heteroatoms. The molecule has 0 bridgehead atoms. The number of likely N-dealkylation sites (N-methyl/N-ethyl adjacent to an activating group) is 2. The summed E-state index contributed by atoms with van der Waals surface area (Å²) >= 11 is 0. The van der Waals surface area contributed by atoms with Crippen LogP contribution in [0.15, 0.2) is 61.4 Å². The van der Waals surface area contributed by atoms with Crippen LogP contribution in [0.25, 0.3) is 0 Å². The van der Waals surface area contributed by atoms with E-state index in [9.17, 15) is 45.5 Å². The number of carbonyl (C=O) groups excluding carboxylic acids is 4. The Balaban J connectivity index is 0.000000228. The smallest absolute Gasteiger partial charge is 0.425 e. The highest BCUT2D eigenvalue weighted by Gasteiger charge is 2.35. The van der Waals surface area contributed by atoms with Crippen molar-refractivity contribution in [3.63, 3.8) is 0 Å². The van der Waals surface area contributed by atoms with Gasteiger partial charge in [0, 0.05) is 63.5 Å². The summed E-state index contributed by atoms with van der Waals surface area (Å²) in [5.41, 5.74) is 2.56. The third-order valence-corrected chi connectivity index (χ3v) is 11.8. The number of ether oxygens (including phenoxy) is 2. The van der Waals surface area contributed by atoms with E-state index in [1.165, 1.54) is 36.1 Å². The highest BCUT2D eigenvalue weighted by Crippen LogP contribution is 2.35. The minimum atomic E-state index is -4.55. The van der Waals surface area contributed by atoms with Crippen molar-refractivity contribution in [1.29, 1.82) is 0 Å². The molecule has 6 aromatic heterocycles. The lowest BCUT2D eigenvalue weighted by Gasteiger charge is -2.33. The van der Waals surface area contributed by atoms with E-state index in [0.717, 1.165) is 28.8 Å². The van der Waals surface area contributed by atoms with Gasteiger partial charge in [0.1, 0.15) is 34.8 Å². The summed E-state index contributed by atoms with van der Waals surface area (Å²) in [6.07, 6.45) is -2.32. The quantitative estimate of drug-likeness (QED) is 0.0616. The van der Waals surface area contributed by atoms with Crippen molar-refractivity contribution in [2.45, 2.75) is 105 Å². The van der Waals surface area contributed by atoms with E-state index < -0.39 is 54.1 Å². The Morgan fingerprint density at radius 1 is 0.693 bits per heavy atom. The molecule has 3 amide bonds. The topological polar surface area (TPSA) is 246 Å². The molecular weight excluding hydrogens is 999 g/mol. The first-order valence-electron chi connectivity index (χ1n) is 23.1. The number of carbonyl (C=O) groups is 4. The zero-order valence-electron chi connectivity index (χ0n) is 41.9. The number of esters is 1.